The zero-order valence-corrected chi connectivity index (χ0v) is 15.1. The van der Waals surface area contributed by atoms with E-state index in [2.05, 4.69) is 9.82 Å². The molecule has 0 atom stereocenters. The Balaban J connectivity index is 1.80. The molecule has 27 heavy (non-hydrogen) atoms. The fourth-order valence-electron chi connectivity index (χ4n) is 2.51. The number of nitrogens with one attached hydrogen (secondary N) is 1. The number of hydrogen-bond donors (Lipinski definition) is 1. The first-order chi connectivity index (χ1) is 12.9. The Morgan fingerprint density at radius 2 is 2.00 bits per heavy atom. The maximum atomic E-state index is 12.5. The van der Waals surface area contributed by atoms with Crippen LogP contribution in [0.5, 0.6) is 5.75 Å². The van der Waals surface area contributed by atoms with Crippen molar-refractivity contribution in [3.63, 3.8) is 0 Å². The molecule has 0 aliphatic heterocycles. The highest BCUT2D eigenvalue weighted by Gasteiger charge is 2.25. The van der Waals surface area contributed by atoms with Crippen molar-refractivity contribution in [1.29, 1.82) is 0 Å². The van der Waals surface area contributed by atoms with Crippen LogP contribution in [-0.4, -0.2) is 30.2 Å². The lowest BCUT2D eigenvalue weighted by molar-refractivity contribution is -0.387. The van der Waals surface area contributed by atoms with E-state index in [-0.39, 0.29) is 5.69 Å². The third-order valence-corrected chi connectivity index (χ3v) is 5.14. The molecule has 0 unspecified atom stereocenters. The second-order valence-electron chi connectivity index (χ2n) is 5.61. The second kappa shape index (κ2) is 7.46. The first-order valence-electron chi connectivity index (χ1n) is 7.80. The van der Waals surface area contributed by atoms with Crippen molar-refractivity contribution in [1.82, 2.24) is 9.78 Å². The number of nitro benzene ring substituents is 1. The highest BCUT2D eigenvalue weighted by molar-refractivity contribution is 7.92. The highest BCUT2D eigenvalue weighted by atomic mass is 32.2. The summed E-state index contributed by atoms with van der Waals surface area (Å²) in [5.74, 6) is 0.706. The van der Waals surface area contributed by atoms with E-state index in [9.17, 15) is 18.5 Å². The molecule has 0 spiro atoms. The van der Waals surface area contributed by atoms with Crippen molar-refractivity contribution in [3.05, 3.63) is 76.6 Å². The molecule has 2 aromatic carbocycles. The van der Waals surface area contributed by atoms with Crippen LogP contribution in [0.3, 0.4) is 0 Å². The maximum Gasteiger partial charge on any atom is 0.289 e. The fraction of sp³-hybridized carbons (Fsp3) is 0.118. The standard InChI is InChI=1S/C17H16N4O5S/c1-26-15-6-4-5-13(9-15)11-20-12-14(10-18-20)19-27(24,25)17-8-3-2-7-16(17)21(22)23/h2-10,12,19H,11H2,1H3. The molecule has 1 aromatic heterocycles. The number of ether oxygens (including phenoxy) is 1. The van der Waals surface area contributed by atoms with Gasteiger partial charge in [0.1, 0.15) is 5.75 Å². The third kappa shape index (κ3) is 4.23. The van der Waals surface area contributed by atoms with Crippen LogP contribution in [0.2, 0.25) is 0 Å². The van der Waals surface area contributed by atoms with Crippen molar-refractivity contribution < 1.29 is 18.1 Å². The van der Waals surface area contributed by atoms with Crippen LogP contribution in [0.1, 0.15) is 5.56 Å². The van der Waals surface area contributed by atoms with Gasteiger partial charge in [-0.3, -0.25) is 19.5 Å². The molecule has 0 radical (unpaired) electrons. The van der Waals surface area contributed by atoms with Crippen molar-refractivity contribution >= 4 is 21.4 Å². The number of nitro groups is 1. The summed E-state index contributed by atoms with van der Waals surface area (Å²) in [6.07, 6.45) is 2.85. The van der Waals surface area contributed by atoms with Crippen molar-refractivity contribution in [2.75, 3.05) is 11.8 Å². The van der Waals surface area contributed by atoms with Gasteiger partial charge in [-0.15, -0.1) is 0 Å². The van der Waals surface area contributed by atoms with Crippen LogP contribution in [-0.2, 0) is 16.6 Å². The molecule has 3 rings (SSSR count). The van der Waals surface area contributed by atoms with Crippen LogP contribution < -0.4 is 9.46 Å². The van der Waals surface area contributed by atoms with Gasteiger partial charge in [0, 0.05) is 12.3 Å². The average Bonchev–Trinajstić information content (AvgIpc) is 3.07. The number of nitrogens with zero attached hydrogens (tertiary/aromatic N) is 3. The van der Waals surface area contributed by atoms with E-state index < -0.39 is 25.5 Å². The summed E-state index contributed by atoms with van der Waals surface area (Å²) >= 11 is 0. The van der Waals surface area contributed by atoms with Crippen LogP contribution in [0.15, 0.2) is 65.8 Å². The molecule has 0 amide bonds. The molecule has 0 saturated heterocycles. The summed E-state index contributed by atoms with van der Waals surface area (Å²) < 4.78 is 34.1. The second-order valence-corrected chi connectivity index (χ2v) is 7.26. The summed E-state index contributed by atoms with van der Waals surface area (Å²) in [5.41, 5.74) is 0.635. The summed E-state index contributed by atoms with van der Waals surface area (Å²) in [4.78, 5) is 9.92. The van der Waals surface area contributed by atoms with Crippen molar-refractivity contribution in [2.45, 2.75) is 11.4 Å². The number of methoxy groups -OCH3 is 1. The molecule has 0 saturated carbocycles. The number of rotatable bonds is 7. The van der Waals surface area contributed by atoms with E-state index in [1.165, 1.54) is 30.6 Å². The van der Waals surface area contributed by atoms with Gasteiger partial charge < -0.3 is 4.74 Å². The Morgan fingerprint density at radius 1 is 1.22 bits per heavy atom. The Kier molecular flexibility index (Phi) is 5.08. The highest BCUT2D eigenvalue weighted by Crippen LogP contribution is 2.25. The van der Waals surface area contributed by atoms with Gasteiger partial charge in [0.25, 0.3) is 15.7 Å². The zero-order chi connectivity index (χ0) is 19.4. The SMILES string of the molecule is COc1cccc(Cn2cc(NS(=O)(=O)c3ccccc3[N+](=O)[O-])cn2)c1. The normalized spacial score (nSPS) is 11.1. The Labute approximate surface area is 155 Å². The third-order valence-electron chi connectivity index (χ3n) is 3.72. The Bertz CT molecular complexity index is 1080. The van der Waals surface area contributed by atoms with Gasteiger partial charge in [0.05, 0.1) is 30.5 Å². The molecule has 0 aliphatic carbocycles. The Morgan fingerprint density at radius 3 is 2.74 bits per heavy atom. The van der Waals surface area contributed by atoms with Gasteiger partial charge in [-0.2, -0.15) is 5.10 Å². The number of anilines is 1. The van der Waals surface area contributed by atoms with Crippen LogP contribution in [0.4, 0.5) is 11.4 Å². The van der Waals surface area contributed by atoms with Gasteiger partial charge in [-0.05, 0) is 23.8 Å². The number of sulfonamides is 1. The van der Waals surface area contributed by atoms with Gasteiger partial charge in [-0.1, -0.05) is 24.3 Å². The molecule has 140 valence electrons. The molecule has 1 heterocycles. The summed E-state index contributed by atoms with van der Waals surface area (Å²) in [7, 11) is -2.55. The minimum Gasteiger partial charge on any atom is -0.497 e. The number of aromatic nitrogens is 2. The first-order valence-corrected chi connectivity index (χ1v) is 9.29. The fourth-order valence-corrected chi connectivity index (χ4v) is 3.71. The van der Waals surface area contributed by atoms with E-state index in [1.54, 1.807) is 11.8 Å². The van der Waals surface area contributed by atoms with Crippen LogP contribution in [0.25, 0.3) is 0 Å². The number of para-hydroxylation sites is 1. The lowest BCUT2D eigenvalue weighted by atomic mass is 10.2. The maximum absolute atomic E-state index is 12.5. The van der Waals surface area contributed by atoms with Gasteiger partial charge in [0.15, 0.2) is 4.90 Å². The molecule has 1 N–H and O–H groups in total. The lowest BCUT2D eigenvalue weighted by Gasteiger charge is -2.06. The van der Waals surface area contributed by atoms with Crippen LogP contribution in [0, 0.1) is 10.1 Å². The predicted octanol–water partition coefficient (Wildman–Crippen LogP) is 2.65. The summed E-state index contributed by atoms with van der Waals surface area (Å²) in [6, 6.07) is 12.5. The summed E-state index contributed by atoms with van der Waals surface area (Å²) in [6.45, 7) is 0.407. The molecule has 0 bridgehead atoms. The predicted molar refractivity (Wildman–Crippen MR) is 98.2 cm³/mol. The van der Waals surface area contributed by atoms with E-state index >= 15 is 0 Å². The smallest absolute Gasteiger partial charge is 0.289 e. The van der Waals surface area contributed by atoms with E-state index in [0.717, 1.165) is 11.6 Å². The van der Waals surface area contributed by atoms with Crippen molar-refractivity contribution in [2.24, 2.45) is 0 Å². The van der Waals surface area contributed by atoms with Crippen molar-refractivity contribution in [3.8, 4) is 5.75 Å². The van der Waals surface area contributed by atoms with Gasteiger partial charge >= 0.3 is 0 Å². The molecule has 0 aliphatic rings. The monoisotopic (exact) mass is 388 g/mol. The van der Waals surface area contributed by atoms with Gasteiger partial charge in [0.2, 0.25) is 0 Å². The van der Waals surface area contributed by atoms with E-state index in [4.69, 9.17) is 4.74 Å². The molecular formula is C17H16N4O5S. The lowest BCUT2D eigenvalue weighted by Crippen LogP contribution is -2.14. The minimum atomic E-state index is -4.12. The van der Waals surface area contributed by atoms with E-state index in [1.807, 2.05) is 24.3 Å². The number of hydrogen-bond acceptors (Lipinski definition) is 6. The topological polar surface area (TPSA) is 116 Å². The summed E-state index contributed by atoms with van der Waals surface area (Å²) in [5, 5.41) is 15.2. The number of benzene rings is 2. The average molecular weight is 388 g/mol. The van der Waals surface area contributed by atoms with Crippen LogP contribution >= 0.6 is 0 Å². The molecule has 9 nitrogen and oxygen atoms in total. The first kappa shape index (κ1) is 18.4. The minimum absolute atomic E-state index is 0.205. The zero-order valence-electron chi connectivity index (χ0n) is 14.3. The van der Waals surface area contributed by atoms with Gasteiger partial charge in [-0.25, -0.2) is 8.42 Å². The molecule has 3 aromatic rings. The Hall–Kier alpha value is -3.40. The molecule has 10 heteroatoms. The molecular weight excluding hydrogens is 372 g/mol. The quantitative estimate of drug-likeness (QED) is 0.491. The largest absolute Gasteiger partial charge is 0.497 e. The van der Waals surface area contributed by atoms with E-state index in [0.29, 0.717) is 12.3 Å². The molecule has 0 fully saturated rings.